The lowest BCUT2D eigenvalue weighted by atomic mass is 9.32. The van der Waals surface area contributed by atoms with Crippen LogP contribution in [-0.4, -0.2) is 52.3 Å². The molecule has 0 radical (unpaired) electrons. The van der Waals surface area contributed by atoms with Gasteiger partial charge in [0.25, 0.3) is 0 Å². The van der Waals surface area contributed by atoms with Crippen LogP contribution in [0, 0.1) is 33.5 Å². The first-order valence-electron chi connectivity index (χ1n) is 20.7. The van der Waals surface area contributed by atoms with Gasteiger partial charge in [0.2, 0.25) is 0 Å². The van der Waals surface area contributed by atoms with Crippen molar-refractivity contribution in [2.75, 3.05) is 19.0 Å². The van der Waals surface area contributed by atoms with E-state index in [2.05, 4.69) is 49.5 Å². The summed E-state index contributed by atoms with van der Waals surface area (Å²) in [5.74, 6) is 0.882. The second-order valence-electron chi connectivity index (χ2n) is 18.1. The number of rotatable bonds is 9. The summed E-state index contributed by atoms with van der Waals surface area (Å²) in [6.45, 7) is 5.13. The van der Waals surface area contributed by atoms with Crippen LogP contribution in [-0.2, 0) is 6.54 Å². The molecular weight excluding hydrogens is 709 g/mol. The molecule has 8 unspecified atom stereocenters. The number of benzene rings is 4. The Morgan fingerprint density at radius 1 is 0.772 bits per heavy atom. The Hall–Kier alpha value is -4.98. The summed E-state index contributed by atoms with van der Waals surface area (Å²) >= 11 is 0. The van der Waals surface area contributed by atoms with Gasteiger partial charge in [-0.25, -0.2) is 4.79 Å². The number of carbonyl (C=O) groups is 2. The van der Waals surface area contributed by atoms with E-state index >= 15 is 4.79 Å². The highest BCUT2D eigenvalue weighted by atomic mass is 16.5. The van der Waals surface area contributed by atoms with E-state index in [-0.39, 0.29) is 35.6 Å². The van der Waals surface area contributed by atoms with Gasteiger partial charge in [0.15, 0.2) is 5.78 Å². The lowest BCUT2D eigenvalue weighted by Crippen LogP contribution is -2.67. The molecule has 7 heteroatoms. The van der Waals surface area contributed by atoms with Crippen LogP contribution in [0.1, 0.15) is 74.7 Å². The Morgan fingerprint density at radius 3 is 2.11 bits per heavy atom. The van der Waals surface area contributed by atoms with Gasteiger partial charge in [0.05, 0.1) is 25.4 Å². The number of nitrogens with one attached hydrogen (secondary N) is 1. The van der Waals surface area contributed by atoms with E-state index < -0.39 is 27.9 Å². The largest absolute Gasteiger partial charge is 0.497 e. The fourth-order valence-electron chi connectivity index (χ4n) is 12.4. The van der Waals surface area contributed by atoms with Gasteiger partial charge in [-0.15, -0.1) is 0 Å². The van der Waals surface area contributed by atoms with Crippen molar-refractivity contribution in [2.24, 2.45) is 33.5 Å². The molecule has 4 aromatic carbocycles. The van der Waals surface area contributed by atoms with Crippen molar-refractivity contribution in [1.29, 1.82) is 0 Å². The molecule has 2 spiro atoms. The third-order valence-corrected chi connectivity index (χ3v) is 15.5. The molecule has 6 aliphatic carbocycles. The van der Waals surface area contributed by atoms with Crippen molar-refractivity contribution in [3.63, 3.8) is 0 Å². The fourth-order valence-corrected chi connectivity index (χ4v) is 12.4. The van der Waals surface area contributed by atoms with Crippen LogP contribution in [0.2, 0.25) is 0 Å². The zero-order valence-electron chi connectivity index (χ0n) is 33.3. The van der Waals surface area contributed by atoms with Crippen molar-refractivity contribution in [3.05, 3.63) is 144 Å². The van der Waals surface area contributed by atoms with Crippen LogP contribution in [0.4, 0.5) is 10.5 Å². The van der Waals surface area contributed by atoms with Crippen LogP contribution in [0.3, 0.4) is 0 Å². The number of aliphatic hydroxyl groups is 2. The van der Waals surface area contributed by atoms with Crippen molar-refractivity contribution >= 4 is 17.5 Å². The number of Topliss-reactive ketones (excluding diaryl/α,β-unsaturated/α-hetero) is 1. The molecule has 6 aliphatic rings. The lowest BCUT2D eigenvalue weighted by molar-refractivity contribution is -0.174. The number of carbonyl (C=O) groups excluding carboxylic acids is 2. The molecule has 57 heavy (non-hydrogen) atoms. The Labute approximate surface area is 336 Å². The van der Waals surface area contributed by atoms with Crippen molar-refractivity contribution in [3.8, 4) is 16.9 Å². The van der Waals surface area contributed by atoms with Crippen molar-refractivity contribution < 1.29 is 24.5 Å². The second kappa shape index (κ2) is 13.8. The van der Waals surface area contributed by atoms with Gasteiger partial charge < -0.3 is 25.2 Å². The van der Waals surface area contributed by atoms with Crippen LogP contribution >= 0.6 is 0 Å². The van der Waals surface area contributed by atoms with Crippen molar-refractivity contribution in [2.45, 2.75) is 77.0 Å². The SMILES string of the molecule is COc1ccc(NC(=O)N(Cc2ccccc2)CC2(O)CCC3C45C=CC6(C=C4C(=O)c4ccc(-c7ccccc7)cc4)CC(O)CCC6(C)C5CCC32C)cc1. The number of fused-ring (bicyclic) bond motifs is 1. The predicted octanol–water partition coefficient (Wildman–Crippen LogP) is 9.87. The van der Waals surface area contributed by atoms with Crippen LogP contribution < -0.4 is 10.1 Å². The normalized spacial score (nSPS) is 33.4. The molecule has 2 amide bonds. The van der Waals surface area contributed by atoms with Crippen LogP contribution in [0.25, 0.3) is 11.1 Å². The highest BCUT2D eigenvalue weighted by Crippen LogP contribution is 2.78. The third kappa shape index (κ3) is 5.83. The second-order valence-corrected chi connectivity index (χ2v) is 18.1. The minimum atomic E-state index is -1.21. The molecule has 3 saturated carbocycles. The summed E-state index contributed by atoms with van der Waals surface area (Å²) in [6.07, 6.45) is 11.7. The smallest absolute Gasteiger partial charge is 0.322 e. The highest BCUT2D eigenvalue weighted by molar-refractivity contribution is 6.10. The van der Waals surface area contributed by atoms with Gasteiger partial charge >= 0.3 is 6.03 Å². The molecule has 8 atom stereocenters. The fraction of sp³-hybridized carbons (Fsp3) is 0.400. The van der Waals surface area contributed by atoms with E-state index in [0.29, 0.717) is 36.4 Å². The number of anilines is 1. The van der Waals surface area contributed by atoms with E-state index in [1.807, 2.05) is 97.1 Å². The first kappa shape index (κ1) is 37.6. The summed E-state index contributed by atoms with van der Waals surface area (Å²) in [4.78, 5) is 31.2. The average Bonchev–Trinajstić information content (AvgIpc) is 3.51. The number of aliphatic hydroxyl groups excluding tert-OH is 1. The zero-order valence-corrected chi connectivity index (χ0v) is 33.3. The lowest BCUT2D eigenvalue weighted by Gasteiger charge is -2.71. The number of allylic oxidation sites excluding steroid dienone is 4. The minimum absolute atomic E-state index is 0.0333. The first-order chi connectivity index (χ1) is 27.4. The molecule has 0 saturated heterocycles. The van der Waals surface area contributed by atoms with E-state index in [9.17, 15) is 15.0 Å². The number of ketones is 1. The maximum Gasteiger partial charge on any atom is 0.322 e. The topological polar surface area (TPSA) is 99.1 Å². The van der Waals surface area contributed by atoms with Crippen LogP contribution in [0.5, 0.6) is 5.75 Å². The number of methoxy groups -OCH3 is 1. The molecular formula is C50H54N2O5. The Kier molecular flexibility index (Phi) is 9.13. The molecule has 3 fully saturated rings. The van der Waals surface area contributed by atoms with E-state index in [1.165, 1.54) is 0 Å². The Bertz CT molecular complexity index is 2220. The van der Waals surface area contributed by atoms with Gasteiger partial charge in [0.1, 0.15) is 5.75 Å². The molecule has 2 bridgehead atoms. The molecule has 7 nitrogen and oxygen atoms in total. The Balaban J connectivity index is 1.09. The van der Waals surface area contributed by atoms with Gasteiger partial charge in [-0.1, -0.05) is 117 Å². The molecule has 0 aromatic heterocycles. The standard InChI is InChI=1S/C50H54N2O5/c1-46-25-22-39(53)30-48(46)28-29-50(41(31-48)44(54)37-16-14-36(15-17-37)35-12-8-5-9-13-35)42(46)23-26-47(2)43(50)24-27-49(47,56)33-52(32-34-10-6-4-7-11-34)45(55)51-38-18-20-40(57-3)21-19-38/h4-21,28-29,31,39,42-43,53,56H,22-27,30,32-33H2,1-3H3,(H,51,55). The van der Waals surface area contributed by atoms with Gasteiger partial charge in [0, 0.05) is 39.6 Å². The van der Waals surface area contributed by atoms with E-state index in [0.717, 1.165) is 54.4 Å². The average molecular weight is 763 g/mol. The number of nitrogens with zero attached hydrogens (tertiary/aromatic N) is 1. The van der Waals surface area contributed by atoms with E-state index in [1.54, 1.807) is 12.0 Å². The molecule has 4 aromatic rings. The summed E-state index contributed by atoms with van der Waals surface area (Å²) in [5.41, 5.74) is 2.33. The number of hydrogen-bond donors (Lipinski definition) is 3. The maximum atomic E-state index is 15.2. The minimum Gasteiger partial charge on any atom is -0.497 e. The molecule has 0 heterocycles. The summed E-state index contributed by atoms with van der Waals surface area (Å²) in [5, 5.41) is 27.4. The number of ether oxygens (including phenoxy) is 1. The molecule has 3 N–H and O–H groups in total. The van der Waals surface area contributed by atoms with Gasteiger partial charge in [-0.05, 0) is 103 Å². The molecule has 294 valence electrons. The number of urea groups is 1. The maximum absolute atomic E-state index is 15.2. The predicted molar refractivity (Wildman–Crippen MR) is 224 cm³/mol. The van der Waals surface area contributed by atoms with E-state index in [4.69, 9.17) is 4.74 Å². The number of hydrogen-bond acceptors (Lipinski definition) is 5. The summed E-state index contributed by atoms with van der Waals surface area (Å²) < 4.78 is 5.33. The van der Waals surface area contributed by atoms with Gasteiger partial charge in [-0.2, -0.15) is 0 Å². The molecule has 10 rings (SSSR count). The van der Waals surface area contributed by atoms with Gasteiger partial charge in [-0.3, -0.25) is 4.79 Å². The number of amides is 2. The van der Waals surface area contributed by atoms with Crippen LogP contribution in [0.15, 0.2) is 133 Å². The highest BCUT2D eigenvalue weighted by Gasteiger charge is 2.74. The first-order valence-corrected chi connectivity index (χ1v) is 20.7. The zero-order chi connectivity index (χ0) is 39.6. The molecule has 0 aliphatic heterocycles. The monoisotopic (exact) mass is 762 g/mol. The third-order valence-electron chi connectivity index (χ3n) is 15.5. The summed E-state index contributed by atoms with van der Waals surface area (Å²) in [6, 6.07) is 35.2. The Morgan fingerprint density at radius 2 is 1.40 bits per heavy atom. The van der Waals surface area contributed by atoms with Crippen molar-refractivity contribution in [1.82, 2.24) is 4.90 Å². The quantitative estimate of drug-likeness (QED) is 0.117. The summed E-state index contributed by atoms with van der Waals surface area (Å²) in [7, 11) is 1.61.